The van der Waals surface area contributed by atoms with Gasteiger partial charge < -0.3 is 10.1 Å². The van der Waals surface area contributed by atoms with E-state index in [1.165, 1.54) is 30.3 Å². The molecule has 0 aliphatic heterocycles. The van der Waals surface area contributed by atoms with Gasteiger partial charge in [-0.2, -0.15) is 0 Å². The maximum atomic E-state index is 12.9. The van der Waals surface area contributed by atoms with E-state index in [1.807, 2.05) is 0 Å². The highest BCUT2D eigenvalue weighted by molar-refractivity contribution is 6.31. The summed E-state index contributed by atoms with van der Waals surface area (Å²) in [4.78, 5) is 36.9. The first-order chi connectivity index (χ1) is 13.9. The van der Waals surface area contributed by atoms with Gasteiger partial charge in [-0.05, 0) is 42.5 Å². The van der Waals surface area contributed by atoms with Gasteiger partial charge in [0.25, 0.3) is 5.91 Å². The van der Waals surface area contributed by atoms with Crippen LogP contribution in [0.25, 0.3) is 0 Å². The second kappa shape index (κ2) is 9.12. The number of amides is 1. The Morgan fingerprint density at radius 1 is 0.897 bits per heavy atom. The van der Waals surface area contributed by atoms with Crippen LogP contribution in [0.2, 0.25) is 5.02 Å². The second-order valence-electron chi connectivity index (χ2n) is 6.02. The molecule has 29 heavy (non-hydrogen) atoms. The lowest BCUT2D eigenvalue weighted by Crippen LogP contribution is -2.22. The van der Waals surface area contributed by atoms with E-state index in [9.17, 15) is 18.8 Å². The molecule has 0 bridgehead atoms. The van der Waals surface area contributed by atoms with Crippen molar-refractivity contribution < 1.29 is 23.5 Å². The predicted octanol–water partition coefficient (Wildman–Crippen LogP) is 4.51. The number of ether oxygens (including phenoxy) is 1. The maximum Gasteiger partial charge on any atom is 0.338 e. The van der Waals surface area contributed by atoms with Gasteiger partial charge in [0, 0.05) is 16.1 Å². The minimum Gasteiger partial charge on any atom is -0.452 e. The Kier molecular flexibility index (Phi) is 6.36. The molecule has 0 unspecified atom stereocenters. The fraction of sp³-hybridized carbons (Fsp3) is 0.0455. The third-order valence-electron chi connectivity index (χ3n) is 3.95. The molecule has 5 nitrogen and oxygen atoms in total. The average Bonchev–Trinajstić information content (AvgIpc) is 2.74. The summed E-state index contributed by atoms with van der Waals surface area (Å²) in [6, 6.07) is 17.8. The molecule has 1 N–H and O–H groups in total. The third kappa shape index (κ3) is 5.27. The summed E-state index contributed by atoms with van der Waals surface area (Å²) >= 11 is 6.01. The van der Waals surface area contributed by atoms with Crippen molar-refractivity contribution in [2.45, 2.75) is 0 Å². The van der Waals surface area contributed by atoms with Gasteiger partial charge in [0.1, 0.15) is 5.82 Å². The molecule has 7 heteroatoms. The number of nitrogens with one attached hydrogen (secondary N) is 1. The third-order valence-corrected chi connectivity index (χ3v) is 4.19. The standard InChI is InChI=1S/C22H15ClFNO4/c23-16-8-11-19(18(12-16)21(27)14-4-2-1-3-5-14)25-20(26)13-29-22(28)15-6-9-17(24)10-7-15/h1-12H,13H2,(H,25,26). The lowest BCUT2D eigenvalue weighted by atomic mass is 10.0. The summed E-state index contributed by atoms with van der Waals surface area (Å²) in [5, 5.41) is 2.89. The summed E-state index contributed by atoms with van der Waals surface area (Å²) in [5.41, 5.74) is 1.01. The van der Waals surface area contributed by atoms with E-state index >= 15 is 0 Å². The Labute approximate surface area is 171 Å². The summed E-state index contributed by atoms with van der Waals surface area (Å²) < 4.78 is 17.8. The molecule has 3 aromatic carbocycles. The van der Waals surface area contributed by atoms with Crippen LogP contribution in [0.15, 0.2) is 72.8 Å². The lowest BCUT2D eigenvalue weighted by Gasteiger charge is -2.11. The smallest absolute Gasteiger partial charge is 0.338 e. The molecule has 0 atom stereocenters. The first-order valence-electron chi connectivity index (χ1n) is 8.56. The maximum absolute atomic E-state index is 12.9. The zero-order chi connectivity index (χ0) is 20.8. The van der Waals surface area contributed by atoms with Crippen molar-refractivity contribution in [3.63, 3.8) is 0 Å². The molecule has 0 spiro atoms. The Bertz CT molecular complexity index is 1050. The summed E-state index contributed by atoms with van der Waals surface area (Å²) in [7, 11) is 0. The van der Waals surface area contributed by atoms with E-state index in [4.69, 9.17) is 16.3 Å². The van der Waals surface area contributed by atoms with Gasteiger partial charge in [0.05, 0.1) is 11.3 Å². The van der Waals surface area contributed by atoms with Crippen LogP contribution in [0.5, 0.6) is 0 Å². The van der Waals surface area contributed by atoms with Gasteiger partial charge in [-0.3, -0.25) is 9.59 Å². The number of carbonyl (C=O) groups is 3. The highest BCUT2D eigenvalue weighted by atomic mass is 35.5. The summed E-state index contributed by atoms with van der Waals surface area (Å²) in [5.74, 6) is -2.20. The molecule has 3 aromatic rings. The van der Waals surface area contributed by atoms with Crippen LogP contribution >= 0.6 is 11.6 Å². The van der Waals surface area contributed by atoms with E-state index in [-0.39, 0.29) is 22.6 Å². The van der Waals surface area contributed by atoms with E-state index in [0.717, 1.165) is 12.1 Å². The second-order valence-corrected chi connectivity index (χ2v) is 6.45. The summed E-state index contributed by atoms with van der Waals surface area (Å²) in [6.07, 6.45) is 0. The Balaban J connectivity index is 1.69. The van der Waals surface area contributed by atoms with Crippen LogP contribution in [0.4, 0.5) is 10.1 Å². The topological polar surface area (TPSA) is 72.5 Å². The van der Waals surface area contributed by atoms with Crippen LogP contribution in [-0.2, 0) is 9.53 Å². The first kappa shape index (κ1) is 20.2. The van der Waals surface area contributed by atoms with E-state index < -0.39 is 24.3 Å². The highest BCUT2D eigenvalue weighted by Crippen LogP contribution is 2.23. The fourth-order valence-electron chi connectivity index (χ4n) is 2.55. The van der Waals surface area contributed by atoms with Crippen LogP contribution in [0, 0.1) is 5.82 Å². The molecule has 0 saturated heterocycles. The molecule has 0 radical (unpaired) electrons. The van der Waals surface area contributed by atoms with Gasteiger partial charge in [-0.15, -0.1) is 0 Å². The van der Waals surface area contributed by atoms with Gasteiger partial charge in [-0.1, -0.05) is 41.9 Å². The normalized spacial score (nSPS) is 10.3. The molecule has 0 heterocycles. The number of hydrogen-bond donors (Lipinski definition) is 1. The predicted molar refractivity (Wildman–Crippen MR) is 107 cm³/mol. The molecule has 0 aliphatic carbocycles. The fourth-order valence-corrected chi connectivity index (χ4v) is 2.72. The molecular formula is C22H15ClFNO4. The minimum atomic E-state index is -0.767. The largest absolute Gasteiger partial charge is 0.452 e. The van der Waals surface area contributed by atoms with Crippen LogP contribution < -0.4 is 5.32 Å². The van der Waals surface area contributed by atoms with E-state index in [1.54, 1.807) is 30.3 Å². The molecule has 0 aliphatic rings. The van der Waals surface area contributed by atoms with E-state index in [0.29, 0.717) is 10.6 Å². The van der Waals surface area contributed by atoms with E-state index in [2.05, 4.69) is 5.32 Å². The Hall–Kier alpha value is -3.51. The van der Waals surface area contributed by atoms with Crippen LogP contribution in [0.3, 0.4) is 0 Å². The van der Waals surface area contributed by atoms with Crippen molar-refractivity contribution in [3.05, 3.63) is 100 Å². The first-order valence-corrected chi connectivity index (χ1v) is 8.93. The Morgan fingerprint density at radius 2 is 1.59 bits per heavy atom. The van der Waals surface area contributed by atoms with Crippen molar-refractivity contribution >= 4 is 34.9 Å². The molecular weight excluding hydrogens is 397 g/mol. The van der Waals surface area contributed by atoms with Crippen molar-refractivity contribution in [1.82, 2.24) is 0 Å². The molecule has 3 rings (SSSR count). The van der Waals surface area contributed by atoms with Crippen molar-refractivity contribution in [3.8, 4) is 0 Å². The molecule has 1 amide bonds. The zero-order valence-electron chi connectivity index (χ0n) is 15.0. The van der Waals surface area contributed by atoms with Gasteiger partial charge in [-0.25, -0.2) is 9.18 Å². The quantitative estimate of drug-likeness (QED) is 0.478. The van der Waals surface area contributed by atoms with Crippen molar-refractivity contribution in [2.75, 3.05) is 11.9 Å². The van der Waals surface area contributed by atoms with Gasteiger partial charge in [0.15, 0.2) is 12.4 Å². The number of halogens is 2. The van der Waals surface area contributed by atoms with Crippen LogP contribution in [-0.4, -0.2) is 24.3 Å². The number of rotatable bonds is 6. The Morgan fingerprint density at radius 3 is 2.28 bits per heavy atom. The number of carbonyl (C=O) groups excluding carboxylic acids is 3. The molecule has 0 saturated carbocycles. The minimum absolute atomic E-state index is 0.116. The van der Waals surface area contributed by atoms with Gasteiger partial charge in [0.2, 0.25) is 0 Å². The highest BCUT2D eigenvalue weighted by Gasteiger charge is 2.17. The number of esters is 1. The molecule has 0 aromatic heterocycles. The molecule has 146 valence electrons. The number of anilines is 1. The zero-order valence-corrected chi connectivity index (χ0v) is 15.8. The number of ketones is 1. The summed E-state index contributed by atoms with van der Waals surface area (Å²) in [6.45, 7) is -0.572. The van der Waals surface area contributed by atoms with Crippen molar-refractivity contribution in [1.29, 1.82) is 0 Å². The lowest BCUT2D eigenvalue weighted by molar-refractivity contribution is -0.119. The number of benzene rings is 3. The molecule has 0 fully saturated rings. The monoisotopic (exact) mass is 411 g/mol. The average molecular weight is 412 g/mol. The number of hydrogen-bond acceptors (Lipinski definition) is 4. The SMILES string of the molecule is O=C(COC(=O)c1ccc(F)cc1)Nc1ccc(Cl)cc1C(=O)c1ccccc1. The van der Waals surface area contributed by atoms with Crippen LogP contribution in [0.1, 0.15) is 26.3 Å². The van der Waals surface area contributed by atoms with Crippen molar-refractivity contribution in [2.24, 2.45) is 0 Å². The van der Waals surface area contributed by atoms with Gasteiger partial charge >= 0.3 is 5.97 Å².